The monoisotopic (exact) mass is 666 g/mol. The number of benzene rings is 2. The molecule has 2 heterocycles. The van der Waals surface area contributed by atoms with Crippen molar-refractivity contribution in [2.24, 2.45) is 11.7 Å². The van der Waals surface area contributed by atoms with Crippen molar-refractivity contribution in [2.45, 2.75) is 64.3 Å². The van der Waals surface area contributed by atoms with Crippen LogP contribution in [0.5, 0.6) is 5.75 Å². The Kier molecular flexibility index (Phi) is 17.1. The summed E-state index contributed by atoms with van der Waals surface area (Å²) in [6, 6.07) is 15.2. The van der Waals surface area contributed by atoms with Crippen LogP contribution in [-0.2, 0) is 9.59 Å². The highest BCUT2D eigenvalue weighted by Gasteiger charge is 2.47. The zero-order valence-corrected chi connectivity index (χ0v) is 28.3. The van der Waals surface area contributed by atoms with Crippen molar-refractivity contribution in [3.63, 3.8) is 0 Å². The summed E-state index contributed by atoms with van der Waals surface area (Å²) >= 11 is 0. The first-order chi connectivity index (χ1) is 23.2. The third-order valence-corrected chi connectivity index (χ3v) is 7.76. The Bertz CT molecular complexity index is 1510. The summed E-state index contributed by atoms with van der Waals surface area (Å²) in [5, 5.41) is 15.2. The number of fused-ring (bicyclic) bond motifs is 1. The third kappa shape index (κ3) is 11.6. The average molecular weight is 667 g/mol. The first-order valence-electron chi connectivity index (χ1n) is 16.4. The number of carbonyl (C=O) groups excluding carboxylic acids is 3. The summed E-state index contributed by atoms with van der Waals surface area (Å²) in [5.74, 6) is -3.24. The fourth-order valence-electron chi connectivity index (χ4n) is 5.38. The summed E-state index contributed by atoms with van der Waals surface area (Å²) in [6.45, 7) is 3.94. The fraction of sp³-hybridized carbons (Fsp3) is 0.472. The number of nitrogens with one attached hydrogen (secondary N) is 2. The SMILES string of the molecule is CC.CN.CNCCOc1cccc(-c2ccc3c(C(=O)NCC(=O)N4CC(F)(F)CC4C#N)ccnc3c2)c1.O=CC1CCCCC1. The van der Waals surface area contributed by atoms with Gasteiger partial charge in [0.2, 0.25) is 5.91 Å². The molecule has 48 heavy (non-hydrogen) atoms. The highest BCUT2D eigenvalue weighted by atomic mass is 19.3. The second-order valence-corrected chi connectivity index (χ2v) is 11.0. The Morgan fingerprint density at radius 3 is 2.46 bits per heavy atom. The number of hydrogen-bond acceptors (Lipinski definition) is 8. The van der Waals surface area contributed by atoms with Crippen molar-refractivity contribution in [1.82, 2.24) is 20.5 Å². The summed E-state index contributed by atoms with van der Waals surface area (Å²) in [5.41, 5.74) is 7.19. The van der Waals surface area contributed by atoms with Crippen LogP contribution in [0.4, 0.5) is 8.78 Å². The number of nitrogens with two attached hydrogens (primary N) is 1. The average Bonchev–Trinajstić information content (AvgIpc) is 3.47. The van der Waals surface area contributed by atoms with Gasteiger partial charge in [-0.25, -0.2) is 8.78 Å². The molecule has 2 amide bonds. The van der Waals surface area contributed by atoms with Gasteiger partial charge in [0.05, 0.1) is 30.2 Å². The number of halogens is 2. The lowest BCUT2D eigenvalue weighted by molar-refractivity contribution is -0.131. The molecule has 1 saturated heterocycles. The van der Waals surface area contributed by atoms with Crippen LogP contribution < -0.4 is 21.1 Å². The minimum atomic E-state index is -3.11. The molecule has 5 rings (SSSR count). The molecule has 1 saturated carbocycles. The topological polar surface area (TPSA) is 150 Å². The van der Waals surface area contributed by atoms with Crippen LogP contribution in [0.2, 0.25) is 0 Å². The Hall–Kier alpha value is -4.47. The minimum absolute atomic E-state index is 0.298. The first kappa shape index (κ1) is 39.7. The van der Waals surface area contributed by atoms with Gasteiger partial charge >= 0.3 is 0 Å². The molecule has 10 nitrogen and oxygen atoms in total. The van der Waals surface area contributed by atoms with E-state index in [0.717, 1.165) is 47.4 Å². The van der Waals surface area contributed by atoms with Gasteiger partial charge in [-0.1, -0.05) is 57.4 Å². The summed E-state index contributed by atoms with van der Waals surface area (Å²) in [4.78, 5) is 40.6. The number of aldehydes is 1. The summed E-state index contributed by atoms with van der Waals surface area (Å²) < 4.78 is 33.0. The predicted octanol–water partition coefficient (Wildman–Crippen LogP) is 5.36. The maximum Gasteiger partial charge on any atom is 0.268 e. The molecule has 12 heteroatoms. The second kappa shape index (κ2) is 20.7. The Balaban J connectivity index is 0.000000571. The molecular weight excluding hydrogens is 618 g/mol. The lowest BCUT2D eigenvalue weighted by Crippen LogP contribution is -2.43. The number of carbonyl (C=O) groups is 3. The molecule has 1 unspecified atom stereocenters. The van der Waals surface area contributed by atoms with E-state index in [4.69, 9.17) is 10.00 Å². The number of aromatic nitrogens is 1. The largest absolute Gasteiger partial charge is 0.492 e. The number of pyridine rings is 1. The van der Waals surface area contributed by atoms with Gasteiger partial charge in [0.25, 0.3) is 11.8 Å². The normalized spacial score (nSPS) is 16.5. The van der Waals surface area contributed by atoms with E-state index in [1.165, 1.54) is 38.6 Å². The van der Waals surface area contributed by atoms with Crippen molar-refractivity contribution >= 4 is 29.0 Å². The standard InChI is InChI=1S/C26H25F2N5O3.C7H12O.C2H6.CH5N/c1-30-9-10-36-20-4-2-3-17(11-20)18-5-6-21-22(7-8-31-23(21)12-18)25(35)32-15-24(34)33-16-26(27,28)13-19(33)14-29;8-6-7-4-2-1-3-5-7;2*1-2/h2-8,11-12,19,30H,9-10,13,15-16H2,1H3,(H,32,35);6-7H,1-5H2;1-2H3;2H2,1H3. The van der Waals surface area contributed by atoms with E-state index in [9.17, 15) is 23.2 Å². The number of alkyl halides is 2. The lowest BCUT2D eigenvalue weighted by Gasteiger charge is -2.19. The van der Waals surface area contributed by atoms with Gasteiger partial charge in [0, 0.05) is 30.5 Å². The van der Waals surface area contributed by atoms with Crippen LogP contribution in [0.15, 0.2) is 54.7 Å². The molecule has 4 N–H and O–H groups in total. The molecule has 0 bridgehead atoms. The first-order valence-corrected chi connectivity index (χ1v) is 16.4. The lowest BCUT2D eigenvalue weighted by atomic mass is 9.91. The molecule has 1 aromatic heterocycles. The van der Waals surface area contributed by atoms with Gasteiger partial charge in [0.15, 0.2) is 0 Å². The number of nitriles is 1. The molecule has 1 aliphatic carbocycles. The Morgan fingerprint density at radius 1 is 1.10 bits per heavy atom. The van der Waals surface area contributed by atoms with E-state index in [1.807, 2.05) is 57.3 Å². The summed E-state index contributed by atoms with van der Waals surface area (Å²) in [7, 11) is 3.35. The van der Waals surface area contributed by atoms with Crippen LogP contribution in [0, 0.1) is 17.2 Å². The van der Waals surface area contributed by atoms with Crippen LogP contribution in [0.1, 0.15) is 62.7 Å². The highest BCUT2D eigenvalue weighted by Crippen LogP contribution is 2.32. The van der Waals surface area contributed by atoms with Gasteiger partial charge < -0.3 is 30.8 Å². The highest BCUT2D eigenvalue weighted by molar-refractivity contribution is 6.07. The van der Waals surface area contributed by atoms with Crippen LogP contribution >= 0.6 is 0 Å². The third-order valence-electron chi connectivity index (χ3n) is 7.76. The van der Waals surface area contributed by atoms with Crippen molar-refractivity contribution in [3.8, 4) is 22.9 Å². The number of ether oxygens (including phenoxy) is 1. The van der Waals surface area contributed by atoms with Gasteiger partial charge in [-0.3, -0.25) is 14.6 Å². The van der Waals surface area contributed by atoms with E-state index >= 15 is 0 Å². The fourth-order valence-corrected chi connectivity index (χ4v) is 5.38. The quantitative estimate of drug-likeness (QED) is 0.204. The Labute approximate surface area is 282 Å². The molecular formula is C36H48F2N6O4. The van der Waals surface area contributed by atoms with Crippen molar-refractivity contribution in [3.05, 3.63) is 60.3 Å². The van der Waals surface area contributed by atoms with Crippen LogP contribution in [-0.4, -0.2) is 80.3 Å². The molecule has 2 aliphatic rings. The van der Waals surface area contributed by atoms with Crippen molar-refractivity contribution < 1.29 is 27.9 Å². The number of nitrogens with zero attached hydrogens (tertiary/aromatic N) is 3. The molecule has 0 spiro atoms. The smallest absolute Gasteiger partial charge is 0.268 e. The molecule has 1 aliphatic heterocycles. The van der Waals surface area contributed by atoms with E-state index in [1.54, 1.807) is 12.1 Å². The van der Waals surface area contributed by atoms with E-state index < -0.39 is 43.3 Å². The molecule has 0 radical (unpaired) electrons. The molecule has 2 fully saturated rings. The van der Waals surface area contributed by atoms with Crippen LogP contribution in [0.25, 0.3) is 22.0 Å². The zero-order chi connectivity index (χ0) is 35.5. The van der Waals surface area contributed by atoms with Crippen molar-refractivity contribution in [1.29, 1.82) is 5.26 Å². The maximum atomic E-state index is 13.6. The van der Waals surface area contributed by atoms with Crippen molar-refractivity contribution in [2.75, 3.05) is 40.3 Å². The van der Waals surface area contributed by atoms with Gasteiger partial charge in [-0.15, -0.1) is 0 Å². The zero-order valence-electron chi connectivity index (χ0n) is 28.3. The van der Waals surface area contributed by atoms with Crippen LogP contribution in [0.3, 0.4) is 0 Å². The molecule has 1 atom stereocenters. The van der Waals surface area contributed by atoms with Gasteiger partial charge in [-0.2, -0.15) is 5.26 Å². The second-order valence-electron chi connectivity index (χ2n) is 11.0. The van der Waals surface area contributed by atoms with Gasteiger partial charge in [0.1, 0.15) is 24.7 Å². The Morgan fingerprint density at radius 2 is 1.81 bits per heavy atom. The predicted molar refractivity (Wildman–Crippen MR) is 184 cm³/mol. The number of amides is 2. The molecule has 260 valence electrons. The number of likely N-dealkylation sites (tertiary alicyclic amines) is 1. The number of likely N-dealkylation sites (N-methyl/N-ethyl adjacent to an activating group) is 1. The molecule has 2 aromatic carbocycles. The van der Waals surface area contributed by atoms with E-state index in [2.05, 4.69) is 21.4 Å². The number of rotatable bonds is 9. The summed E-state index contributed by atoms with van der Waals surface area (Å²) in [6.07, 6.45) is 8.06. The molecule has 3 aromatic rings. The minimum Gasteiger partial charge on any atom is -0.492 e. The maximum absolute atomic E-state index is 13.6. The van der Waals surface area contributed by atoms with Gasteiger partial charge in [-0.05, 0) is 62.3 Å². The van der Waals surface area contributed by atoms with E-state index in [-0.39, 0.29) is 0 Å². The number of hydrogen-bond donors (Lipinski definition) is 3. The van der Waals surface area contributed by atoms with E-state index in [0.29, 0.717) is 29.0 Å².